The van der Waals surface area contributed by atoms with Crippen LogP contribution in [-0.4, -0.2) is 84.7 Å². The second-order valence-electron chi connectivity index (χ2n) is 13.8. The first-order valence-corrected chi connectivity index (χ1v) is 16.4. The summed E-state index contributed by atoms with van der Waals surface area (Å²) >= 11 is 0. The molecule has 1 aliphatic carbocycles. The van der Waals surface area contributed by atoms with Gasteiger partial charge >= 0.3 is 5.97 Å². The number of carbonyl (C=O) groups excluding carboxylic acids is 1. The van der Waals surface area contributed by atoms with Gasteiger partial charge in [-0.3, -0.25) is 4.79 Å². The first kappa shape index (κ1) is 34.2. The van der Waals surface area contributed by atoms with Crippen LogP contribution in [0.3, 0.4) is 0 Å². The molecule has 4 heterocycles. The number of fused-ring (bicyclic) bond motifs is 2. The summed E-state index contributed by atoms with van der Waals surface area (Å²) in [6, 6.07) is 0. The maximum absolute atomic E-state index is 14.3. The van der Waals surface area contributed by atoms with Gasteiger partial charge in [-0.15, -0.1) is 0 Å². The molecule has 1 spiro atoms. The average molecular weight is 629 g/mol. The van der Waals surface area contributed by atoms with E-state index < -0.39 is 54.0 Å². The van der Waals surface area contributed by atoms with Crippen LogP contribution in [0.1, 0.15) is 73.6 Å². The van der Waals surface area contributed by atoms with Gasteiger partial charge in [0.15, 0.2) is 12.1 Å². The Bertz CT molecular complexity index is 1260. The summed E-state index contributed by atoms with van der Waals surface area (Å²) in [5.74, 6) is -2.69. The van der Waals surface area contributed by atoms with Crippen LogP contribution in [0.5, 0.6) is 0 Å². The molecule has 0 amide bonds. The lowest BCUT2D eigenvalue weighted by Gasteiger charge is -2.52. The van der Waals surface area contributed by atoms with Gasteiger partial charge in [0.25, 0.3) is 0 Å². The van der Waals surface area contributed by atoms with Crippen LogP contribution in [0.2, 0.25) is 0 Å². The zero-order chi connectivity index (χ0) is 32.7. The van der Waals surface area contributed by atoms with Crippen LogP contribution in [0.4, 0.5) is 0 Å². The third-order valence-corrected chi connectivity index (χ3v) is 10.4. The van der Waals surface area contributed by atoms with Crippen molar-refractivity contribution in [2.45, 2.75) is 128 Å². The topological polar surface area (TPSA) is 113 Å². The maximum atomic E-state index is 14.3. The first-order chi connectivity index (χ1) is 21.4. The van der Waals surface area contributed by atoms with Crippen molar-refractivity contribution in [1.29, 1.82) is 0 Å². The molecule has 5 rings (SSSR count). The molecule has 3 saturated heterocycles. The molecule has 9 nitrogen and oxygen atoms in total. The molecule has 0 aromatic heterocycles. The predicted octanol–water partition coefficient (Wildman–Crippen LogP) is 5.08. The van der Waals surface area contributed by atoms with E-state index in [2.05, 4.69) is 32.9 Å². The molecule has 2 N–H and O–H groups in total. The third kappa shape index (κ3) is 6.42. The van der Waals surface area contributed by atoms with Gasteiger partial charge in [0.2, 0.25) is 0 Å². The Hall–Kier alpha value is -2.11. The van der Waals surface area contributed by atoms with Crippen LogP contribution >= 0.6 is 0 Å². The minimum absolute atomic E-state index is 0.0885. The van der Waals surface area contributed by atoms with Crippen molar-refractivity contribution in [1.82, 2.24) is 0 Å². The fraction of sp³-hybridized carbons (Fsp3) is 0.694. The number of rotatable bonds is 3. The average Bonchev–Trinajstić information content (AvgIpc) is 3.28. The summed E-state index contributed by atoms with van der Waals surface area (Å²) in [5.41, 5.74) is 1.70. The minimum Gasteiger partial charge on any atom is -0.462 e. The Balaban J connectivity index is 1.57. The summed E-state index contributed by atoms with van der Waals surface area (Å²) in [5, 5.41) is 24.0. The van der Waals surface area contributed by atoms with E-state index in [4.69, 9.17) is 28.4 Å². The van der Waals surface area contributed by atoms with Crippen molar-refractivity contribution < 1.29 is 43.4 Å². The Morgan fingerprint density at radius 2 is 1.87 bits per heavy atom. The van der Waals surface area contributed by atoms with Gasteiger partial charge in [0.05, 0.1) is 12.2 Å². The van der Waals surface area contributed by atoms with E-state index in [1.807, 2.05) is 32.9 Å². The van der Waals surface area contributed by atoms with Gasteiger partial charge in [-0.1, -0.05) is 55.9 Å². The fourth-order valence-electron chi connectivity index (χ4n) is 7.94. The Kier molecular flexibility index (Phi) is 10.3. The molecule has 2 bridgehead atoms. The molecule has 0 radical (unpaired) electrons. The third-order valence-electron chi connectivity index (χ3n) is 10.4. The highest BCUT2D eigenvalue weighted by Crippen LogP contribution is 2.50. The quantitative estimate of drug-likeness (QED) is 0.327. The van der Waals surface area contributed by atoms with Crippen molar-refractivity contribution in [3.63, 3.8) is 0 Å². The van der Waals surface area contributed by atoms with Gasteiger partial charge in [-0.05, 0) is 69.9 Å². The lowest BCUT2D eigenvalue weighted by Crippen LogP contribution is -2.62. The van der Waals surface area contributed by atoms with E-state index >= 15 is 0 Å². The number of methoxy groups -OCH3 is 2. The van der Waals surface area contributed by atoms with Crippen LogP contribution in [0, 0.1) is 17.8 Å². The summed E-state index contributed by atoms with van der Waals surface area (Å²) in [6.45, 7) is 12.2. The minimum atomic E-state index is -1.77. The molecule has 0 aromatic carbocycles. The van der Waals surface area contributed by atoms with Gasteiger partial charge in [-0.25, -0.2) is 0 Å². The number of esters is 1. The fourth-order valence-corrected chi connectivity index (χ4v) is 7.94. The normalized spacial score (nSPS) is 47.6. The highest BCUT2D eigenvalue weighted by Gasteiger charge is 2.64. The number of aliphatic hydroxyl groups is 2. The molecular weight excluding hydrogens is 576 g/mol. The van der Waals surface area contributed by atoms with Gasteiger partial charge in [-0.2, -0.15) is 0 Å². The van der Waals surface area contributed by atoms with Crippen molar-refractivity contribution in [2.75, 3.05) is 14.2 Å². The molecule has 9 heteroatoms. The number of ether oxygens (including phenoxy) is 6. The van der Waals surface area contributed by atoms with Crippen LogP contribution in [0.15, 0.2) is 58.7 Å². The zero-order valence-electron chi connectivity index (χ0n) is 28.0. The van der Waals surface area contributed by atoms with E-state index in [1.54, 1.807) is 19.3 Å². The van der Waals surface area contributed by atoms with Crippen LogP contribution in [-0.2, 0) is 33.2 Å². The van der Waals surface area contributed by atoms with Gasteiger partial charge in [0, 0.05) is 32.6 Å². The van der Waals surface area contributed by atoms with E-state index in [1.165, 1.54) is 12.7 Å². The molecule has 0 unspecified atom stereocenters. The Morgan fingerprint density at radius 1 is 1.11 bits per heavy atom. The predicted molar refractivity (Wildman–Crippen MR) is 169 cm³/mol. The molecule has 0 aromatic rings. The smallest absolute Gasteiger partial charge is 0.316 e. The van der Waals surface area contributed by atoms with Crippen molar-refractivity contribution >= 4 is 5.97 Å². The Morgan fingerprint density at radius 3 is 2.56 bits per heavy atom. The summed E-state index contributed by atoms with van der Waals surface area (Å²) in [4.78, 5) is 14.3. The molecule has 3 fully saturated rings. The molecule has 5 aliphatic rings. The highest BCUT2D eigenvalue weighted by atomic mass is 16.7. The second-order valence-corrected chi connectivity index (χ2v) is 13.8. The number of aliphatic hydroxyl groups excluding tert-OH is 1. The molecule has 250 valence electrons. The van der Waals surface area contributed by atoms with Gasteiger partial charge in [0.1, 0.15) is 35.9 Å². The lowest BCUT2D eigenvalue weighted by molar-refractivity contribution is -0.363. The SMILES string of the molecule is C/C=C(\C)[C@H]1O[C@@]2(C[C@@H]3C[C@@H](C/C=C(/C)C[C@@H](C)/C=C\C=C4\[C@@H](OC)O[C@H]5[C@H](OC)C(C)=C[C@@H](C(=O)O3)[C@]45O)O2)[C@H](O)C[C@@H]1C. The lowest BCUT2D eigenvalue weighted by atomic mass is 9.70. The molecule has 12 atom stereocenters. The highest BCUT2D eigenvalue weighted by molar-refractivity contribution is 5.78. The van der Waals surface area contributed by atoms with Gasteiger partial charge < -0.3 is 38.6 Å². The molecule has 4 aliphatic heterocycles. The largest absolute Gasteiger partial charge is 0.462 e. The second kappa shape index (κ2) is 13.6. The monoisotopic (exact) mass is 628 g/mol. The van der Waals surface area contributed by atoms with E-state index in [0.717, 1.165) is 17.6 Å². The molecule has 45 heavy (non-hydrogen) atoms. The number of allylic oxidation sites excluding steroid dienone is 5. The summed E-state index contributed by atoms with van der Waals surface area (Å²) in [6.07, 6.45) is 9.81. The van der Waals surface area contributed by atoms with Crippen molar-refractivity contribution in [3.05, 3.63) is 58.7 Å². The standard InChI is InChI=1S/C36H52O9/c1-9-22(4)30-24(6)17-29(37)35(45-30)19-26-18-25(44-35)14-13-21(3)15-20(2)11-10-12-27-34(41-8)43-32-31(40-7)23(5)16-28(33(38)42-26)36(27,32)39/h9-13,16,20,24-26,28-32,34,37,39H,14-15,17-19H2,1-8H3/b11-10-,21-13-,22-9+,27-12-/t20-,24-,25+,26-,28-,29+,30+,31+,32-,34-,35-,36+/m0/s1. The van der Waals surface area contributed by atoms with Crippen LogP contribution in [0.25, 0.3) is 0 Å². The van der Waals surface area contributed by atoms with Crippen molar-refractivity contribution in [3.8, 4) is 0 Å². The van der Waals surface area contributed by atoms with E-state index in [9.17, 15) is 15.0 Å². The van der Waals surface area contributed by atoms with Crippen molar-refractivity contribution in [2.24, 2.45) is 17.8 Å². The number of carbonyl (C=O) groups is 1. The number of hydrogen-bond acceptors (Lipinski definition) is 9. The van der Waals surface area contributed by atoms with E-state index in [-0.39, 0.29) is 30.5 Å². The molecule has 0 saturated carbocycles. The summed E-state index contributed by atoms with van der Waals surface area (Å²) in [7, 11) is 3.08. The first-order valence-electron chi connectivity index (χ1n) is 16.4. The van der Waals surface area contributed by atoms with Crippen LogP contribution < -0.4 is 0 Å². The zero-order valence-corrected chi connectivity index (χ0v) is 28.0. The Labute approximate surface area is 267 Å². The molecular formula is C36H52O9. The maximum Gasteiger partial charge on any atom is 0.316 e. The summed E-state index contributed by atoms with van der Waals surface area (Å²) < 4.78 is 37.3. The number of hydrogen-bond donors (Lipinski definition) is 2. The van der Waals surface area contributed by atoms with E-state index in [0.29, 0.717) is 24.8 Å².